The van der Waals surface area contributed by atoms with E-state index in [9.17, 15) is 4.79 Å². The first kappa shape index (κ1) is 12.7. The van der Waals surface area contributed by atoms with Gasteiger partial charge in [0.1, 0.15) is 6.10 Å². The van der Waals surface area contributed by atoms with E-state index in [4.69, 9.17) is 4.74 Å². The van der Waals surface area contributed by atoms with Gasteiger partial charge in [-0.05, 0) is 13.8 Å². The van der Waals surface area contributed by atoms with Gasteiger partial charge >= 0.3 is 0 Å². The summed E-state index contributed by atoms with van der Waals surface area (Å²) < 4.78 is 5.55. The first-order valence-corrected chi connectivity index (χ1v) is 6.81. The lowest BCUT2D eigenvalue weighted by Gasteiger charge is -2.34. The van der Waals surface area contributed by atoms with Crippen LogP contribution in [0.3, 0.4) is 0 Å². The Morgan fingerprint density at radius 3 is 3.18 bits per heavy atom. The average Bonchev–Trinajstić information content (AvgIpc) is 2.82. The molecule has 1 saturated heterocycles. The van der Waals surface area contributed by atoms with E-state index in [-0.39, 0.29) is 11.9 Å². The zero-order valence-electron chi connectivity index (χ0n) is 10.3. The van der Waals surface area contributed by atoms with Gasteiger partial charge in [-0.25, -0.2) is 4.98 Å². The van der Waals surface area contributed by atoms with Gasteiger partial charge in [-0.3, -0.25) is 9.69 Å². The largest absolute Gasteiger partial charge is 0.368 e. The Labute approximate surface area is 106 Å². The Bertz CT molecular complexity index is 365. The summed E-state index contributed by atoms with van der Waals surface area (Å²) in [6.07, 6.45) is 1.85. The second kappa shape index (κ2) is 5.71. The second-order valence-electron chi connectivity index (χ2n) is 4.52. The van der Waals surface area contributed by atoms with Gasteiger partial charge in [0.25, 0.3) is 0 Å². The van der Waals surface area contributed by atoms with E-state index in [1.54, 1.807) is 6.20 Å². The molecule has 0 amide bonds. The summed E-state index contributed by atoms with van der Waals surface area (Å²) >= 11 is 1.52. The Kier molecular flexibility index (Phi) is 4.25. The van der Waals surface area contributed by atoms with Crippen LogP contribution in [0.25, 0.3) is 0 Å². The molecular formula is C12H18N2O2S. The minimum absolute atomic E-state index is 0.144. The third kappa shape index (κ3) is 3.34. The molecule has 1 aromatic heterocycles. The molecule has 0 aliphatic carbocycles. The summed E-state index contributed by atoms with van der Waals surface area (Å²) in [5.74, 6) is 0.144. The van der Waals surface area contributed by atoms with Crippen molar-refractivity contribution >= 4 is 17.1 Å². The van der Waals surface area contributed by atoms with Gasteiger partial charge in [0.2, 0.25) is 0 Å². The lowest BCUT2D eigenvalue weighted by Crippen LogP contribution is -2.49. The average molecular weight is 254 g/mol. The Hall–Kier alpha value is -0.780. The van der Waals surface area contributed by atoms with Crippen LogP contribution in [0, 0.1) is 0 Å². The molecule has 2 rings (SSSR count). The number of Topliss-reactive ketones (excluding diaryl/α,β-unsaturated/α-hetero) is 1. The van der Waals surface area contributed by atoms with Crippen LogP contribution < -0.4 is 0 Å². The first-order chi connectivity index (χ1) is 8.16. The molecule has 0 bridgehead atoms. The van der Waals surface area contributed by atoms with Crippen molar-refractivity contribution < 1.29 is 9.53 Å². The number of carbonyl (C=O) groups is 1. The van der Waals surface area contributed by atoms with E-state index in [1.165, 1.54) is 11.3 Å². The number of morpholine rings is 1. The molecule has 1 aliphatic rings. The molecule has 94 valence electrons. The van der Waals surface area contributed by atoms with E-state index in [2.05, 4.69) is 23.7 Å². The highest BCUT2D eigenvalue weighted by Gasteiger charge is 2.27. The van der Waals surface area contributed by atoms with Crippen LogP contribution >= 0.6 is 11.3 Å². The number of nitrogens with zero attached hydrogens (tertiary/aromatic N) is 2. The fourth-order valence-corrected chi connectivity index (χ4v) is 2.56. The van der Waals surface area contributed by atoms with Gasteiger partial charge in [0, 0.05) is 30.7 Å². The van der Waals surface area contributed by atoms with Crippen molar-refractivity contribution in [1.29, 1.82) is 0 Å². The van der Waals surface area contributed by atoms with Crippen molar-refractivity contribution in [2.75, 3.05) is 19.7 Å². The highest BCUT2D eigenvalue weighted by molar-refractivity contribution is 7.09. The van der Waals surface area contributed by atoms with Crippen LogP contribution in [0.5, 0.6) is 0 Å². The van der Waals surface area contributed by atoms with Gasteiger partial charge < -0.3 is 4.74 Å². The van der Waals surface area contributed by atoms with Crippen molar-refractivity contribution in [3.8, 4) is 0 Å². The quantitative estimate of drug-likeness (QED) is 0.814. The molecule has 0 saturated carbocycles. The number of hydrogen-bond donors (Lipinski definition) is 0. The van der Waals surface area contributed by atoms with Crippen LogP contribution in [0.1, 0.15) is 18.9 Å². The van der Waals surface area contributed by atoms with Gasteiger partial charge in [-0.1, -0.05) is 0 Å². The standard InChI is InChI=1S/C12H18N2O2S/c1-9(2)14-4-5-16-11(8-14)10(15)7-12-13-3-6-17-12/h3,6,9,11H,4-5,7-8H2,1-2H3. The van der Waals surface area contributed by atoms with Crippen LogP contribution in [0.2, 0.25) is 0 Å². The molecule has 0 radical (unpaired) electrons. The highest BCUT2D eigenvalue weighted by Crippen LogP contribution is 2.13. The van der Waals surface area contributed by atoms with Crippen molar-refractivity contribution in [2.45, 2.75) is 32.4 Å². The minimum atomic E-state index is -0.282. The molecule has 0 spiro atoms. The molecule has 17 heavy (non-hydrogen) atoms. The van der Waals surface area contributed by atoms with Crippen molar-refractivity contribution in [2.24, 2.45) is 0 Å². The van der Waals surface area contributed by atoms with Gasteiger partial charge in [-0.15, -0.1) is 11.3 Å². The van der Waals surface area contributed by atoms with E-state index in [0.29, 0.717) is 25.6 Å². The summed E-state index contributed by atoms with van der Waals surface area (Å²) in [6, 6.07) is 0.467. The molecule has 2 heterocycles. The zero-order valence-corrected chi connectivity index (χ0v) is 11.1. The van der Waals surface area contributed by atoms with Crippen LogP contribution in [0.15, 0.2) is 11.6 Å². The van der Waals surface area contributed by atoms with Crippen molar-refractivity contribution in [1.82, 2.24) is 9.88 Å². The zero-order chi connectivity index (χ0) is 12.3. The lowest BCUT2D eigenvalue weighted by atomic mass is 10.1. The summed E-state index contributed by atoms with van der Waals surface area (Å²) in [5.41, 5.74) is 0. The minimum Gasteiger partial charge on any atom is -0.368 e. The van der Waals surface area contributed by atoms with Crippen molar-refractivity contribution in [3.05, 3.63) is 16.6 Å². The van der Waals surface area contributed by atoms with E-state index in [0.717, 1.165) is 11.6 Å². The third-order valence-corrected chi connectivity index (χ3v) is 3.78. The van der Waals surface area contributed by atoms with Gasteiger partial charge in [0.05, 0.1) is 18.0 Å². The predicted octanol–water partition coefficient (Wildman–Crippen LogP) is 1.36. The van der Waals surface area contributed by atoms with Crippen LogP contribution in [-0.2, 0) is 16.0 Å². The molecule has 4 nitrogen and oxygen atoms in total. The summed E-state index contributed by atoms with van der Waals surface area (Å²) in [5, 5.41) is 2.77. The maximum Gasteiger partial charge on any atom is 0.169 e. The number of ether oxygens (including phenoxy) is 1. The van der Waals surface area contributed by atoms with Gasteiger partial charge in [-0.2, -0.15) is 0 Å². The van der Waals surface area contributed by atoms with E-state index >= 15 is 0 Å². The Balaban J connectivity index is 1.91. The third-order valence-electron chi connectivity index (χ3n) is 3.00. The summed E-state index contributed by atoms with van der Waals surface area (Å²) in [4.78, 5) is 18.5. The monoisotopic (exact) mass is 254 g/mol. The van der Waals surface area contributed by atoms with Gasteiger partial charge in [0.15, 0.2) is 5.78 Å². The van der Waals surface area contributed by atoms with E-state index in [1.807, 2.05) is 5.38 Å². The Morgan fingerprint density at radius 2 is 2.53 bits per heavy atom. The molecular weight excluding hydrogens is 236 g/mol. The SMILES string of the molecule is CC(C)N1CCOC(C(=O)Cc2nccs2)C1. The second-order valence-corrected chi connectivity index (χ2v) is 5.50. The normalized spacial score (nSPS) is 21.9. The van der Waals surface area contributed by atoms with Crippen molar-refractivity contribution in [3.63, 3.8) is 0 Å². The number of thiazole rings is 1. The van der Waals surface area contributed by atoms with Crippen LogP contribution in [0.4, 0.5) is 0 Å². The highest BCUT2D eigenvalue weighted by atomic mass is 32.1. The molecule has 1 atom stereocenters. The maximum absolute atomic E-state index is 12.0. The molecule has 1 aromatic rings. The number of rotatable bonds is 4. The lowest BCUT2D eigenvalue weighted by molar-refractivity contribution is -0.136. The smallest absolute Gasteiger partial charge is 0.169 e. The Morgan fingerprint density at radius 1 is 1.71 bits per heavy atom. The van der Waals surface area contributed by atoms with Crippen LogP contribution in [-0.4, -0.2) is 47.5 Å². The number of carbonyl (C=O) groups excluding carboxylic acids is 1. The molecule has 1 aliphatic heterocycles. The molecule has 1 fully saturated rings. The topological polar surface area (TPSA) is 42.4 Å². The predicted molar refractivity (Wildman–Crippen MR) is 67.3 cm³/mol. The number of aromatic nitrogens is 1. The molecule has 0 aromatic carbocycles. The fourth-order valence-electron chi connectivity index (χ4n) is 1.94. The maximum atomic E-state index is 12.0. The first-order valence-electron chi connectivity index (χ1n) is 5.93. The van der Waals surface area contributed by atoms with E-state index < -0.39 is 0 Å². The summed E-state index contributed by atoms with van der Waals surface area (Å²) in [6.45, 7) is 6.56. The number of hydrogen-bond acceptors (Lipinski definition) is 5. The molecule has 0 N–H and O–H groups in total. The number of ketones is 1. The summed E-state index contributed by atoms with van der Waals surface area (Å²) in [7, 11) is 0. The fraction of sp³-hybridized carbons (Fsp3) is 0.667. The molecule has 1 unspecified atom stereocenters. The molecule has 5 heteroatoms.